The summed E-state index contributed by atoms with van der Waals surface area (Å²) in [7, 11) is 3.19. The second kappa shape index (κ2) is 7.30. The Bertz CT molecular complexity index is 654. The van der Waals surface area contributed by atoms with Crippen molar-refractivity contribution in [1.29, 1.82) is 0 Å². The lowest BCUT2D eigenvalue weighted by atomic mass is 10.2. The molecule has 1 aromatic carbocycles. The summed E-state index contributed by atoms with van der Waals surface area (Å²) in [5.74, 6) is 2.68. The summed E-state index contributed by atoms with van der Waals surface area (Å²) in [5.41, 5.74) is 6.76. The Labute approximate surface area is 128 Å². The zero-order valence-corrected chi connectivity index (χ0v) is 12.8. The summed E-state index contributed by atoms with van der Waals surface area (Å²) in [6, 6.07) is 5.59. The van der Waals surface area contributed by atoms with E-state index in [-0.39, 0.29) is 0 Å². The van der Waals surface area contributed by atoms with Crippen molar-refractivity contribution in [1.82, 2.24) is 15.5 Å². The Morgan fingerprint density at radius 1 is 1.32 bits per heavy atom. The van der Waals surface area contributed by atoms with Gasteiger partial charge in [0, 0.05) is 6.92 Å². The van der Waals surface area contributed by atoms with Crippen LogP contribution in [0.1, 0.15) is 17.3 Å². The maximum absolute atomic E-state index is 5.80. The molecule has 1 heterocycles. The van der Waals surface area contributed by atoms with Crippen LogP contribution in [-0.4, -0.2) is 30.3 Å². The van der Waals surface area contributed by atoms with Gasteiger partial charge in [-0.1, -0.05) is 11.2 Å². The smallest absolute Gasteiger partial charge is 0.223 e. The van der Waals surface area contributed by atoms with E-state index < -0.39 is 0 Å². The molecule has 8 nitrogen and oxygen atoms in total. The van der Waals surface area contributed by atoms with Gasteiger partial charge >= 0.3 is 0 Å². The first-order valence-corrected chi connectivity index (χ1v) is 6.66. The summed E-state index contributed by atoms with van der Waals surface area (Å²) in [4.78, 5) is 8.31. The fourth-order valence-corrected chi connectivity index (χ4v) is 1.79. The van der Waals surface area contributed by atoms with Crippen LogP contribution < -0.4 is 20.5 Å². The molecule has 0 amide bonds. The van der Waals surface area contributed by atoms with E-state index in [1.54, 1.807) is 21.1 Å². The summed E-state index contributed by atoms with van der Waals surface area (Å²) in [6.45, 7) is 2.51. The maximum Gasteiger partial charge on any atom is 0.223 e. The van der Waals surface area contributed by atoms with E-state index in [4.69, 9.17) is 19.7 Å². The fourth-order valence-electron chi connectivity index (χ4n) is 1.79. The quantitative estimate of drug-likeness (QED) is 0.605. The first kappa shape index (κ1) is 15.6. The topological polar surface area (TPSA) is 108 Å². The van der Waals surface area contributed by atoms with Gasteiger partial charge in [0.25, 0.3) is 0 Å². The lowest BCUT2D eigenvalue weighted by molar-refractivity contribution is 0.354. The van der Waals surface area contributed by atoms with Crippen molar-refractivity contribution >= 4 is 5.96 Å². The number of nitrogens with one attached hydrogen (secondary N) is 1. The van der Waals surface area contributed by atoms with E-state index in [2.05, 4.69) is 20.4 Å². The molecule has 3 N–H and O–H groups in total. The van der Waals surface area contributed by atoms with Gasteiger partial charge in [0.15, 0.2) is 23.3 Å². The molecule has 0 unspecified atom stereocenters. The minimum absolute atomic E-state index is 0.303. The first-order valence-electron chi connectivity index (χ1n) is 6.66. The summed E-state index contributed by atoms with van der Waals surface area (Å²) >= 11 is 0. The number of ether oxygens (including phenoxy) is 2. The minimum Gasteiger partial charge on any atom is -0.493 e. The highest BCUT2D eigenvalue weighted by Crippen LogP contribution is 2.27. The summed E-state index contributed by atoms with van der Waals surface area (Å²) in [5, 5.41) is 6.68. The van der Waals surface area contributed by atoms with Gasteiger partial charge in [-0.3, -0.25) is 0 Å². The van der Waals surface area contributed by atoms with Crippen molar-refractivity contribution < 1.29 is 14.0 Å². The molecule has 0 atom stereocenters. The van der Waals surface area contributed by atoms with Crippen LogP contribution in [0.25, 0.3) is 0 Å². The number of rotatable bonds is 6. The van der Waals surface area contributed by atoms with Gasteiger partial charge in [0.05, 0.1) is 27.3 Å². The molecule has 0 aliphatic carbocycles. The second-order valence-corrected chi connectivity index (χ2v) is 4.47. The predicted molar refractivity (Wildman–Crippen MR) is 80.7 cm³/mol. The third-order valence-electron chi connectivity index (χ3n) is 2.88. The molecule has 2 aromatic rings. The van der Waals surface area contributed by atoms with Crippen LogP contribution in [0.4, 0.5) is 0 Å². The van der Waals surface area contributed by atoms with Gasteiger partial charge in [-0.25, -0.2) is 4.99 Å². The highest BCUT2D eigenvalue weighted by Gasteiger charge is 2.05. The number of methoxy groups -OCH3 is 2. The van der Waals surface area contributed by atoms with Gasteiger partial charge in [-0.05, 0) is 17.7 Å². The molecular formula is C14H19N5O3. The summed E-state index contributed by atoms with van der Waals surface area (Å²) < 4.78 is 15.3. The van der Waals surface area contributed by atoms with E-state index in [9.17, 15) is 0 Å². The average molecular weight is 305 g/mol. The van der Waals surface area contributed by atoms with Gasteiger partial charge in [0.1, 0.15) is 0 Å². The molecular weight excluding hydrogens is 286 g/mol. The van der Waals surface area contributed by atoms with E-state index in [0.717, 1.165) is 5.56 Å². The van der Waals surface area contributed by atoms with Crippen LogP contribution in [0.2, 0.25) is 0 Å². The number of aliphatic imine (C=N–C) groups is 1. The number of aromatic nitrogens is 2. The molecule has 0 saturated heterocycles. The number of guanidine groups is 1. The minimum atomic E-state index is 0.303. The average Bonchev–Trinajstić information content (AvgIpc) is 2.96. The van der Waals surface area contributed by atoms with Gasteiger partial charge < -0.3 is 25.0 Å². The number of nitrogens with two attached hydrogens (primary N) is 1. The van der Waals surface area contributed by atoms with Gasteiger partial charge in [0.2, 0.25) is 5.89 Å². The third-order valence-corrected chi connectivity index (χ3v) is 2.88. The van der Waals surface area contributed by atoms with E-state index in [1.807, 2.05) is 18.2 Å². The normalized spacial score (nSPS) is 11.3. The predicted octanol–water partition coefficient (Wildman–Crippen LogP) is 1.000. The second-order valence-electron chi connectivity index (χ2n) is 4.47. The van der Waals surface area contributed by atoms with E-state index in [0.29, 0.717) is 42.3 Å². The van der Waals surface area contributed by atoms with Crippen LogP contribution in [0, 0.1) is 6.92 Å². The van der Waals surface area contributed by atoms with Crippen molar-refractivity contribution in [3.05, 3.63) is 35.5 Å². The van der Waals surface area contributed by atoms with Crippen LogP contribution in [-0.2, 0) is 13.1 Å². The lowest BCUT2D eigenvalue weighted by Gasteiger charge is -2.08. The van der Waals surface area contributed by atoms with Crippen LogP contribution in [0.5, 0.6) is 11.5 Å². The zero-order valence-electron chi connectivity index (χ0n) is 12.8. The molecule has 0 aliphatic rings. The molecule has 0 bridgehead atoms. The molecule has 8 heteroatoms. The van der Waals surface area contributed by atoms with Crippen LogP contribution >= 0.6 is 0 Å². The SMILES string of the molecule is COc1ccc(CN=C(N)NCc2noc(C)n2)cc1OC. The maximum atomic E-state index is 5.80. The number of aryl methyl sites for hydroxylation is 1. The highest BCUT2D eigenvalue weighted by molar-refractivity contribution is 5.77. The number of nitrogens with zero attached hydrogens (tertiary/aromatic N) is 3. The number of hydrogen-bond acceptors (Lipinski definition) is 6. The molecule has 1 aromatic heterocycles. The van der Waals surface area contributed by atoms with Crippen LogP contribution in [0.3, 0.4) is 0 Å². The molecule has 0 aliphatic heterocycles. The molecule has 0 saturated carbocycles. The third kappa shape index (κ3) is 4.11. The van der Waals surface area contributed by atoms with Crippen LogP contribution in [0.15, 0.2) is 27.7 Å². The van der Waals surface area contributed by atoms with E-state index in [1.165, 1.54) is 0 Å². The van der Waals surface area contributed by atoms with Crippen molar-refractivity contribution in [2.75, 3.05) is 14.2 Å². The van der Waals surface area contributed by atoms with Gasteiger partial charge in [-0.15, -0.1) is 0 Å². The zero-order chi connectivity index (χ0) is 15.9. The first-order chi connectivity index (χ1) is 10.6. The standard InChI is InChI=1S/C14H19N5O3/c1-9-18-13(19-22-9)8-17-14(15)16-7-10-4-5-11(20-2)12(6-10)21-3/h4-6H,7-8H2,1-3H3,(H3,15,16,17). The van der Waals surface area contributed by atoms with E-state index >= 15 is 0 Å². The Morgan fingerprint density at radius 3 is 2.73 bits per heavy atom. The molecule has 118 valence electrons. The Hall–Kier alpha value is -2.77. The molecule has 2 rings (SSSR count). The number of hydrogen-bond donors (Lipinski definition) is 2. The molecule has 0 spiro atoms. The van der Waals surface area contributed by atoms with Gasteiger partial charge in [-0.2, -0.15) is 4.98 Å². The molecule has 22 heavy (non-hydrogen) atoms. The monoisotopic (exact) mass is 305 g/mol. The van der Waals surface area contributed by atoms with Crippen molar-refractivity contribution in [3.8, 4) is 11.5 Å². The number of benzene rings is 1. The van der Waals surface area contributed by atoms with Crippen molar-refractivity contribution in [2.24, 2.45) is 10.7 Å². The molecule has 0 fully saturated rings. The Morgan fingerprint density at radius 2 is 2.09 bits per heavy atom. The largest absolute Gasteiger partial charge is 0.493 e. The van der Waals surface area contributed by atoms with Crippen molar-refractivity contribution in [3.63, 3.8) is 0 Å². The Balaban J connectivity index is 1.92. The highest BCUT2D eigenvalue weighted by atomic mass is 16.5. The fraction of sp³-hybridized carbons (Fsp3) is 0.357. The van der Waals surface area contributed by atoms with Crippen molar-refractivity contribution in [2.45, 2.75) is 20.0 Å². The summed E-state index contributed by atoms with van der Waals surface area (Å²) in [6.07, 6.45) is 0. The lowest BCUT2D eigenvalue weighted by Crippen LogP contribution is -2.31. The Kier molecular flexibility index (Phi) is 5.18. The molecule has 0 radical (unpaired) electrons.